The zero-order valence-electron chi connectivity index (χ0n) is 6.65. The van der Waals surface area contributed by atoms with Gasteiger partial charge in [-0.2, -0.15) is 5.06 Å². The molecule has 0 aliphatic carbocycles. The molecule has 0 saturated carbocycles. The van der Waals surface area contributed by atoms with Crippen LogP contribution in [-0.4, -0.2) is 27.3 Å². The number of hydroxylamine groups is 2. The Hall–Kier alpha value is -1.00. The molecule has 0 unspecified atom stereocenters. The molecule has 0 spiro atoms. The van der Waals surface area contributed by atoms with Crippen molar-refractivity contribution in [3.8, 4) is 0 Å². The Morgan fingerprint density at radius 1 is 1.64 bits per heavy atom. The highest BCUT2D eigenvalue weighted by Gasteiger charge is 2.00. The molecule has 0 bridgehead atoms. The Balaban J connectivity index is 2.78. The van der Waals surface area contributed by atoms with Gasteiger partial charge in [-0.3, -0.25) is 0 Å². The number of aromatic nitrogens is 2. The molecule has 4 heteroatoms. The lowest BCUT2D eigenvalue weighted by molar-refractivity contribution is -0.0734. The van der Waals surface area contributed by atoms with Crippen LogP contribution in [0.25, 0.3) is 0 Å². The average molecular weight is 153 g/mol. The topological polar surface area (TPSA) is 49.2 Å². The fourth-order valence-electron chi connectivity index (χ4n) is 0.821. The summed E-state index contributed by atoms with van der Waals surface area (Å²) < 4.78 is 0. The summed E-state index contributed by atoms with van der Waals surface area (Å²) in [5.41, 5.74) is 1.85. The van der Waals surface area contributed by atoms with E-state index in [0.29, 0.717) is 6.54 Å². The molecule has 0 amide bonds. The lowest BCUT2D eigenvalue weighted by Crippen LogP contribution is -2.13. The van der Waals surface area contributed by atoms with Gasteiger partial charge in [-0.25, -0.2) is 9.97 Å². The minimum absolute atomic E-state index is 0.465. The standard InChI is InChI=1S/C7H11N3O/c1-6-7(4-10(2)11)3-8-5-9-6/h3,5,11H,4H2,1-2H3. The molecule has 0 radical (unpaired) electrons. The molecule has 0 aliphatic heterocycles. The second-order valence-electron chi connectivity index (χ2n) is 2.45. The fraction of sp³-hybridized carbons (Fsp3) is 0.429. The summed E-state index contributed by atoms with van der Waals surface area (Å²) in [5, 5.41) is 10.0. The first kappa shape index (κ1) is 8.10. The van der Waals surface area contributed by atoms with Crippen molar-refractivity contribution in [2.24, 2.45) is 0 Å². The molecule has 4 nitrogen and oxygen atoms in total. The Labute approximate surface area is 65.5 Å². The number of hydrogen-bond acceptors (Lipinski definition) is 4. The molecule has 0 fully saturated rings. The zero-order valence-corrected chi connectivity index (χ0v) is 6.65. The van der Waals surface area contributed by atoms with Crippen LogP contribution in [-0.2, 0) is 6.54 Å². The van der Waals surface area contributed by atoms with Crippen LogP contribution < -0.4 is 0 Å². The third-order valence-electron chi connectivity index (χ3n) is 1.41. The van der Waals surface area contributed by atoms with Gasteiger partial charge < -0.3 is 5.21 Å². The van der Waals surface area contributed by atoms with Crippen molar-refractivity contribution in [3.63, 3.8) is 0 Å². The van der Waals surface area contributed by atoms with E-state index in [2.05, 4.69) is 9.97 Å². The van der Waals surface area contributed by atoms with Crippen LogP contribution in [0.5, 0.6) is 0 Å². The summed E-state index contributed by atoms with van der Waals surface area (Å²) in [6.45, 7) is 2.35. The van der Waals surface area contributed by atoms with Crippen LogP contribution in [0.1, 0.15) is 11.3 Å². The molecular weight excluding hydrogens is 142 g/mol. The van der Waals surface area contributed by atoms with Crippen molar-refractivity contribution >= 4 is 0 Å². The van der Waals surface area contributed by atoms with Crippen molar-refractivity contribution in [3.05, 3.63) is 23.8 Å². The van der Waals surface area contributed by atoms with Gasteiger partial charge in [-0.05, 0) is 6.92 Å². The van der Waals surface area contributed by atoms with Gasteiger partial charge in [0.05, 0.1) is 6.54 Å². The second-order valence-corrected chi connectivity index (χ2v) is 2.45. The van der Waals surface area contributed by atoms with Crippen LogP contribution in [0, 0.1) is 6.92 Å². The summed E-state index contributed by atoms with van der Waals surface area (Å²) in [6, 6.07) is 0. The highest BCUT2D eigenvalue weighted by molar-refractivity contribution is 5.13. The van der Waals surface area contributed by atoms with Gasteiger partial charge in [0.25, 0.3) is 0 Å². The normalized spacial score (nSPS) is 10.5. The molecule has 0 aromatic carbocycles. The molecular formula is C7H11N3O. The van der Waals surface area contributed by atoms with Crippen molar-refractivity contribution in [2.75, 3.05) is 7.05 Å². The van der Waals surface area contributed by atoms with Gasteiger partial charge >= 0.3 is 0 Å². The molecule has 1 heterocycles. The SMILES string of the molecule is Cc1ncncc1CN(C)O. The second kappa shape index (κ2) is 3.41. The third-order valence-corrected chi connectivity index (χ3v) is 1.41. The lowest BCUT2D eigenvalue weighted by Gasteiger charge is -2.08. The molecule has 0 saturated heterocycles. The van der Waals surface area contributed by atoms with Crippen LogP contribution in [0.4, 0.5) is 0 Å². The minimum atomic E-state index is 0.465. The van der Waals surface area contributed by atoms with Crippen LogP contribution in [0.2, 0.25) is 0 Å². The summed E-state index contributed by atoms with van der Waals surface area (Å²) in [5.74, 6) is 0. The third kappa shape index (κ3) is 2.25. The van der Waals surface area contributed by atoms with Gasteiger partial charge in [-0.1, -0.05) is 0 Å². The number of nitrogens with zero attached hydrogens (tertiary/aromatic N) is 3. The van der Waals surface area contributed by atoms with E-state index >= 15 is 0 Å². The van der Waals surface area contributed by atoms with E-state index in [1.165, 1.54) is 6.33 Å². The Morgan fingerprint density at radius 3 is 2.91 bits per heavy atom. The van der Waals surface area contributed by atoms with Gasteiger partial charge in [0.15, 0.2) is 0 Å². The molecule has 1 aromatic heterocycles. The van der Waals surface area contributed by atoms with Crippen molar-refractivity contribution < 1.29 is 5.21 Å². The average Bonchev–Trinajstić information content (AvgIpc) is 1.93. The monoisotopic (exact) mass is 153 g/mol. The molecule has 1 N–H and O–H groups in total. The predicted molar refractivity (Wildman–Crippen MR) is 40.0 cm³/mol. The predicted octanol–water partition coefficient (Wildman–Crippen LogP) is 0.606. The Kier molecular flexibility index (Phi) is 2.51. The maximum Gasteiger partial charge on any atom is 0.115 e. The molecule has 1 aromatic rings. The highest BCUT2D eigenvalue weighted by atomic mass is 16.5. The lowest BCUT2D eigenvalue weighted by atomic mass is 10.2. The van der Waals surface area contributed by atoms with E-state index in [1.807, 2.05) is 6.92 Å². The van der Waals surface area contributed by atoms with Gasteiger partial charge in [-0.15, -0.1) is 0 Å². The van der Waals surface area contributed by atoms with E-state index in [-0.39, 0.29) is 0 Å². The number of aryl methyl sites for hydroxylation is 1. The Bertz CT molecular complexity index is 237. The van der Waals surface area contributed by atoms with E-state index < -0.39 is 0 Å². The van der Waals surface area contributed by atoms with Crippen molar-refractivity contribution in [2.45, 2.75) is 13.5 Å². The van der Waals surface area contributed by atoms with Crippen molar-refractivity contribution in [1.29, 1.82) is 0 Å². The maximum atomic E-state index is 8.91. The zero-order chi connectivity index (χ0) is 8.27. The number of hydrogen-bond donors (Lipinski definition) is 1. The first-order valence-electron chi connectivity index (χ1n) is 3.35. The minimum Gasteiger partial charge on any atom is -0.314 e. The van der Waals surface area contributed by atoms with Crippen LogP contribution in [0.3, 0.4) is 0 Å². The quantitative estimate of drug-likeness (QED) is 0.632. The van der Waals surface area contributed by atoms with Crippen molar-refractivity contribution in [1.82, 2.24) is 15.0 Å². The Morgan fingerprint density at radius 2 is 2.36 bits per heavy atom. The van der Waals surface area contributed by atoms with E-state index in [0.717, 1.165) is 16.3 Å². The first-order chi connectivity index (χ1) is 5.20. The molecule has 60 valence electrons. The van der Waals surface area contributed by atoms with Crippen LogP contribution >= 0.6 is 0 Å². The summed E-state index contributed by atoms with van der Waals surface area (Å²) >= 11 is 0. The highest BCUT2D eigenvalue weighted by Crippen LogP contribution is 2.02. The number of rotatable bonds is 2. The molecule has 0 aliphatic rings. The first-order valence-corrected chi connectivity index (χ1v) is 3.35. The van der Waals surface area contributed by atoms with Gasteiger partial charge in [0.1, 0.15) is 6.33 Å². The molecule has 11 heavy (non-hydrogen) atoms. The van der Waals surface area contributed by atoms with E-state index in [4.69, 9.17) is 5.21 Å². The van der Waals surface area contributed by atoms with E-state index in [9.17, 15) is 0 Å². The fourth-order valence-corrected chi connectivity index (χ4v) is 0.821. The molecule has 0 atom stereocenters. The van der Waals surface area contributed by atoms with Crippen LogP contribution in [0.15, 0.2) is 12.5 Å². The summed E-state index contributed by atoms with van der Waals surface area (Å²) in [4.78, 5) is 7.83. The summed E-state index contributed by atoms with van der Waals surface area (Å²) in [6.07, 6.45) is 3.20. The van der Waals surface area contributed by atoms with E-state index in [1.54, 1.807) is 13.2 Å². The summed E-state index contributed by atoms with van der Waals surface area (Å²) in [7, 11) is 1.59. The largest absolute Gasteiger partial charge is 0.314 e. The molecule has 1 rings (SSSR count). The smallest absolute Gasteiger partial charge is 0.115 e. The maximum absolute atomic E-state index is 8.91. The van der Waals surface area contributed by atoms with Gasteiger partial charge in [0, 0.05) is 24.5 Å². The van der Waals surface area contributed by atoms with Gasteiger partial charge in [0.2, 0.25) is 0 Å².